The maximum Gasteiger partial charge on any atom is 0.201 e. The molecule has 4 rings (SSSR count). The fourth-order valence-corrected chi connectivity index (χ4v) is 2.70. The number of aromatic nitrogens is 3. The van der Waals surface area contributed by atoms with E-state index in [1.807, 2.05) is 48.5 Å². The number of hydrogen-bond donors (Lipinski definition) is 3. The van der Waals surface area contributed by atoms with Crippen LogP contribution in [0.4, 0.5) is 11.6 Å². The highest BCUT2D eigenvalue weighted by Gasteiger charge is 2.04. The minimum Gasteiger partial charge on any atom is -0.399 e. The predicted octanol–water partition coefficient (Wildman–Crippen LogP) is 3.96. The Balaban J connectivity index is 1.56. The largest absolute Gasteiger partial charge is 0.399 e. The second-order valence-corrected chi connectivity index (χ2v) is 5.79. The van der Waals surface area contributed by atoms with E-state index < -0.39 is 0 Å². The van der Waals surface area contributed by atoms with Crippen molar-refractivity contribution in [3.63, 3.8) is 0 Å². The number of aromatic amines is 1. The van der Waals surface area contributed by atoms with Gasteiger partial charge in [0.2, 0.25) is 5.95 Å². The summed E-state index contributed by atoms with van der Waals surface area (Å²) in [6, 6.07) is 15.3. The maximum absolute atomic E-state index is 5.99. The van der Waals surface area contributed by atoms with Crippen LogP contribution >= 0.6 is 11.6 Å². The minimum atomic E-state index is 0.577. The van der Waals surface area contributed by atoms with E-state index in [4.69, 9.17) is 17.3 Å². The lowest BCUT2D eigenvalue weighted by Gasteiger charge is -2.04. The van der Waals surface area contributed by atoms with Gasteiger partial charge in [-0.25, -0.2) is 4.98 Å². The van der Waals surface area contributed by atoms with Gasteiger partial charge in [-0.1, -0.05) is 17.7 Å². The molecule has 23 heavy (non-hydrogen) atoms. The Morgan fingerprint density at radius 3 is 2.78 bits per heavy atom. The molecule has 0 spiro atoms. The van der Waals surface area contributed by atoms with Gasteiger partial charge in [-0.15, -0.1) is 0 Å². The van der Waals surface area contributed by atoms with Crippen LogP contribution in [0, 0.1) is 0 Å². The van der Waals surface area contributed by atoms with Gasteiger partial charge >= 0.3 is 0 Å². The Morgan fingerprint density at radius 2 is 1.87 bits per heavy atom. The normalized spacial score (nSPS) is 11.2. The van der Waals surface area contributed by atoms with Crippen molar-refractivity contribution in [3.05, 3.63) is 59.2 Å². The molecule has 4 N–H and O–H groups in total. The number of fused-ring (bicyclic) bond motifs is 2. The molecule has 0 aliphatic heterocycles. The van der Waals surface area contributed by atoms with E-state index in [-0.39, 0.29) is 0 Å². The lowest BCUT2D eigenvalue weighted by Crippen LogP contribution is -2.02. The van der Waals surface area contributed by atoms with Gasteiger partial charge in [-0.3, -0.25) is 4.98 Å². The first-order chi connectivity index (χ1) is 11.2. The molecular formula is C17H14ClN5. The molecule has 0 aliphatic carbocycles. The first-order valence-corrected chi connectivity index (χ1v) is 7.59. The molecule has 0 bridgehead atoms. The fourth-order valence-electron chi connectivity index (χ4n) is 2.52. The molecule has 5 nitrogen and oxygen atoms in total. The lowest BCUT2D eigenvalue weighted by atomic mass is 10.2. The van der Waals surface area contributed by atoms with Crippen LogP contribution in [0.3, 0.4) is 0 Å². The molecule has 0 fully saturated rings. The molecule has 4 aromatic rings. The van der Waals surface area contributed by atoms with Crippen molar-refractivity contribution < 1.29 is 0 Å². The van der Waals surface area contributed by atoms with Crippen molar-refractivity contribution in [2.75, 3.05) is 11.1 Å². The third-order valence-corrected chi connectivity index (χ3v) is 3.89. The van der Waals surface area contributed by atoms with Crippen LogP contribution in [0.1, 0.15) is 5.69 Å². The average molecular weight is 324 g/mol. The van der Waals surface area contributed by atoms with Crippen LogP contribution in [0.5, 0.6) is 0 Å². The highest BCUT2D eigenvalue weighted by molar-refractivity contribution is 6.31. The number of nitrogens with one attached hydrogen (secondary N) is 2. The molecule has 2 aromatic heterocycles. The second-order valence-electron chi connectivity index (χ2n) is 5.36. The number of nitrogens with two attached hydrogens (primary N) is 1. The summed E-state index contributed by atoms with van der Waals surface area (Å²) < 4.78 is 0. The van der Waals surface area contributed by atoms with Gasteiger partial charge in [0.25, 0.3) is 0 Å². The highest BCUT2D eigenvalue weighted by atomic mass is 35.5. The van der Waals surface area contributed by atoms with Gasteiger partial charge in [-0.2, -0.15) is 0 Å². The van der Waals surface area contributed by atoms with E-state index >= 15 is 0 Å². The number of benzene rings is 2. The Hall–Kier alpha value is -2.79. The Labute approximate surface area is 137 Å². The molecular weight excluding hydrogens is 310 g/mol. The third-order valence-electron chi connectivity index (χ3n) is 3.65. The second kappa shape index (κ2) is 5.44. The van der Waals surface area contributed by atoms with Crippen LogP contribution in [0.2, 0.25) is 5.02 Å². The summed E-state index contributed by atoms with van der Waals surface area (Å²) in [6.45, 7) is 0.577. The Morgan fingerprint density at radius 1 is 1.00 bits per heavy atom. The number of anilines is 2. The van der Waals surface area contributed by atoms with E-state index in [0.29, 0.717) is 23.2 Å². The van der Waals surface area contributed by atoms with E-state index in [9.17, 15) is 0 Å². The minimum absolute atomic E-state index is 0.577. The SMILES string of the molecule is Nc1ccc2nc(NCc3ccc4cc(Cl)ccc4n3)[nH]c2c1. The number of nitrogen functional groups attached to an aromatic ring is 1. The summed E-state index contributed by atoms with van der Waals surface area (Å²) in [4.78, 5) is 12.3. The topological polar surface area (TPSA) is 79.6 Å². The molecule has 0 radical (unpaired) electrons. The smallest absolute Gasteiger partial charge is 0.201 e. The molecule has 114 valence electrons. The van der Waals surface area contributed by atoms with Gasteiger partial charge in [0.05, 0.1) is 28.8 Å². The van der Waals surface area contributed by atoms with Gasteiger partial charge in [-0.05, 0) is 42.5 Å². The van der Waals surface area contributed by atoms with Crippen LogP contribution < -0.4 is 11.1 Å². The molecule has 2 heterocycles. The van der Waals surface area contributed by atoms with Gasteiger partial charge in [0.1, 0.15) is 0 Å². The molecule has 0 atom stereocenters. The summed E-state index contributed by atoms with van der Waals surface area (Å²) in [7, 11) is 0. The zero-order chi connectivity index (χ0) is 15.8. The number of imidazole rings is 1. The van der Waals surface area contributed by atoms with Crippen molar-refractivity contribution in [2.24, 2.45) is 0 Å². The Kier molecular flexibility index (Phi) is 3.28. The average Bonchev–Trinajstić information content (AvgIpc) is 2.94. The third kappa shape index (κ3) is 2.78. The maximum atomic E-state index is 5.99. The van der Waals surface area contributed by atoms with Crippen molar-refractivity contribution in [2.45, 2.75) is 6.54 Å². The van der Waals surface area contributed by atoms with Crippen molar-refractivity contribution in [1.29, 1.82) is 0 Å². The van der Waals surface area contributed by atoms with E-state index in [1.165, 1.54) is 0 Å². The fraction of sp³-hybridized carbons (Fsp3) is 0.0588. The number of halogens is 1. The molecule has 0 saturated heterocycles. The molecule has 6 heteroatoms. The summed E-state index contributed by atoms with van der Waals surface area (Å²) in [5.74, 6) is 0.698. The summed E-state index contributed by atoms with van der Waals surface area (Å²) >= 11 is 5.99. The van der Waals surface area contributed by atoms with E-state index in [1.54, 1.807) is 0 Å². The van der Waals surface area contributed by atoms with Crippen LogP contribution in [0.25, 0.3) is 21.9 Å². The van der Waals surface area contributed by atoms with Crippen LogP contribution in [-0.4, -0.2) is 15.0 Å². The van der Waals surface area contributed by atoms with E-state index in [0.717, 1.165) is 27.6 Å². The number of nitrogens with zero attached hydrogens (tertiary/aromatic N) is 2. The van der Waals surface area contributed by atoms with Crippen molar-refractivity contribution in [1.82, 2.24) is 15.0 Å². The number of pyridine rings is 1. The molecule has 0 amide bonds. The number of hydrogen-bond acceptors (Lipinski definition) is 4. The standard InChI is InChI=1S/C17H14ClN5/c18-11-2-5-14-10(7-11)1-4-13(21-14)9-20-17-22-15-6-3-12(19)8-16(15)23-17/h1-8H,9,19H2,(H2,20,22,23). The Bertz CT molecular complexity index is 1010. The molecule has 0 aliphatic rings. The van der Waals surface area contributed by atoms with E-state index in [2.05, 4.69) is 20.3 Å². The number of rotatable bonds is 3. The van der Waals surface area contributed by atoms with Crippen LogP contribution in [0.15, 0.2) is 48.5 Å². The summed E-state index contributed by atoms with van der Waals surface area (Å²) in [5, 5.41) is 4.99. The summed E-state index contributed by atoms with van der Waals surface area (Å²) in [5.41, 5.74) is 10.1. The van der Waals surface area contributed by atoms with Gasteiger partial charge in [0.15, 0.2) is 0 Å². The first kappa shape index (κ1) is 13.8. The molecule has 0 unspecified atom stereocenters. The molecule has 0 saturated carbocycles. The van der Waals surface area contributed by atoms with Gasteiger partial charge < -0.3 is 16.0 Å². The zero-order valence-corrected chi connectivity index (χ0v) is 12.9. The molecule has 2 aromatic carbocycles. The summed E-state index contributed by atoms with van der Waals surface area (Å²) in [6.07, 6.45) is 0. The highest BCUT2D eigenvalue weighted by Crippen LogP contribution is 2.19. The number of H-pyrrole nitrogens is 1. The first-order valence-electron chi connectivity index (χ1n) is 7.22. The lowest BCUT2D eigenvalue weighted by molar-refractivity contribution is 1.04. The quantitative estimate of drug-likeness (QED) is 0.499. The van der Waals surface area contributed by atoms with Crippen molar-refractivity contribution in [3.8, 4) is 0 Å². The van der Waals surface area contributed by atoms with Crippen molar-refractivity contribution >= 4 is 45.2 Å². The van der Waals surface area contributed by atoms with Crippen LogP contribution in [-0.2, 0) is 6.54 Å². The predicted molar refractivity (Wildman–Crippen MR) is 94.6 cm³/mol. The van der Waals surface area contributed by atoms with Gasteiger partial charge in [0, 0.05) is 16.1 Å². The zero-order valence-electron chi connectivity index (χ0n) is 12.2. The monoisotopic (exact) mass is 323 g/mol.